The van der Waals surface area contributed by atoms with Crippen LogP contribution in [0.3, 0.4) is 0 Å². The van der Waals surface area contributed by atoms with E-state index in [0.717, 1.165) is 17.1 Å². The van der Waals surface area contributed by atoms with Crippen molar-refractivity contribution in [3.05, 3.63) is 107 Å². The molecule has 2 atom stereocenters. The summed E-state index contributed by atoms with van der Waals surface area (Å²) in [6.45, 7) is 7.19. The van der Waals surface area contributed by atoms with Gasteiger partial charge >= 0.3 is 0 Å². The van der Waals surface area contributed by atoms with Crippen molar-refractivity contribution in [2.24, 2.45) is 0 Å². The van der Waals surface area contributed by atoms with Crippen molar-refractivity contribution >= 4 is 17.3 Å². The minimum absolute atomic E-state index is 0.00818. The topological polar surface area (TPSA) is 46.2 Å². The number of furan rings is 1. The van der Waals surface area contributed by atoms with Crippen LogP contribution in [0, 0.1) is 20.8 Å². The summed E-state index contributed by atoms with van der Waals surface area (Å²) in [5, 5.41) is 4.26. The van der Waals surface area contributed by atoms with Crippen LogP contribution in [-0.2, 0) is 6.54 Å². The summed E-state index contributed by atoms with van der Waals surface area (Å²) < 4.78 is 8.02. The summed E-state index contributed by atoms with van der Waals surface area (Å²) in [4.78, 5) is 6.90. The Kier molecular flexibility index (Phi) is 5.31. The lowest BCUT2D eigenvalue weighted by atomic mass is 9.93. The third-order valence-electron chi connectivity index (χ3n) is 6.42. The number of nitrogens with zero attached hydrogens (tertiary/aromatic N) is 3. The maximum atomic E-state index is 5.83. The van der Waals surface area contributed by atoms with E-state index >= 15 is 0 Å². The van der Waals surface area contributed by atoms with Gasteiger partial charge in [-0.25, -0.2) is 0 Å². The monoisotopic (exact) mass is 442 g/mol. The number of benzene rings is 1. The van der Waals surface area contributed by atoms with Gasteiger partial charge in [0.15, 0.2) is 5.11 Å². The van der Waals surface area contributed by atoms with Gasteiger partial charge < -0.3 is 19.2 Å². The smallest absolute Gasteiger partial charge is 0.170 e. The Morgan fingerprint density at radius 2 is 1.75 bits per heavy atom. The molecule has 32 heavy (non-hydrogen) atoms. The lowest BCUT2D eigenvalue weighted by molar-refractivity contribution is 0.285. The number of hydrogen-bond acceptors (Lipinski definition) is 3. The third-order valence-corrected chi connectivity index (χ3v) is 6.77. The number of rotatable bonds is 5. The first-order valence-corrected chi connectivity index (χ1v) is 11.2. The van der Waals surface area contributed by atoms with E-state index in [1.807, 2.05) is 36.5 Å². The second-order valence-electron chi connectivity index (χ2n) is 8.21. The standard InChI is InChI=1S/C26H26N4OS/c1-17-18(2)30(20-10-5-4-6-11-20)19(3)23(17)25-24(22-13-7-8-14-27-22)28-26(32)29(25)16-21-12-9-15-31-21/h4-15,24-25H,16H2,1-3H3,(H,28,32)/t24-,25-/m1/s1. The molecule has 1 saturated heterocycles. The molecule has 0 radical (unpaired) electrons. The zero-order valence-electron chi connectivity index (χ0n) is 18.4. The maximum absolute atomic E-state index is 5.83. The van der Waals surface area contributed by atoms with E-state index in [2.05, 4.69) is 70.9 Å². The highest BCUT2D eigenvalue weighted by atomic mass is 32.1. The number of hydrogen-bond donors (Lipinski definition) is 1. The molecule has 5 nitrogen and oxygen atoms in total. The second-order valence-corrected chi connectivity index (χ2v) is 8.60. The second kappa shape index (κ2) is 8.28. The van der Waals surface area contributed by atoms with Crippen LogP contribution in [0.1, 0.15) is 46.1 Å². The molecule has 5 rings (SSSR count). The normalized spacial score (nSPS) is 18.2. The molecule has 0 spiro atoms. The van der Waals surface area contributed by atoms with Crippen LogP contribution >= 0.6 is 12.2 Å². The van der Waals surface area contributed by atoms with Gasteiger partial charge in [0, 0.05) is 28.8 Å². The summed E-state index contributed by atoms with van der Waals surface area (Å²) in [6.07, 6.45) is 3.55. The molecule has 0 aliphatic carbocycles. The molecule has 0 saturated carbocycles. The Morgan fingerprint density at radius 3 is 2.44 bits per heavy atom. The average molecular weight is 443 g/mol. The molecule has 162 valence electrons. The van der Waals surface area contributed by atoms with E-state index in [9.17, 15) is 0 Å². The van der Waals surface area contributed by atoms with E-state index in [4.69, 9.17) is 16.6 Å². The largest absolute Gasteiger partial charge is 0.467 e. The minimum Gasteiger partial charge on any atom is -0.467 e. The molecule has 3 aromatic heterocycles. The van der Waals surface area contributed by atoms with Crippen molar-refractivity contribution < 1.29 is 4.42 Å². The minimum atomic E-state index is -0.0536. The first-order valence-electron chi connectivity index (χ1n) is 10.8. The number of para-hydroxylation sites is 1. The predicted molar refractivity (Wildman–Crippen MR) is 130 cm³/mol. The van der Waals surface area contributed by atoms with Crippen LogP contribution < -0.4 is 5.32 Å². The Morgan fingerprint density at radius 1 is 0.969 bits per heavy atom. The van der Waals surface area contributed by atoms with Crippen molar-refractivity contribution in [1.29, 1.82) is 0 Å². The zero-order chi connectivity index (χ0) is 22.2. The van der Waals surface area contributed by atoms with Crippen molar-refractivity contribution in [2.45, 2.75) is 39.4 Å². The predicted octanol–water partition coefficient (Wildman–Crippen LogP) is 5.56. The quantitative estimate of drug-likeness (QED) is 0.410. The Hall–Kier alpha value is -3.38. The fourth-order valence-corrected chi connectivity index (χ4v) is 5.17. The number of aromatic nitrogens is 2. The van der Waals surface area contributed by atoms with E-state index in [1.165, 1.54) is 22.5 Å². The molecule has 4 aromatic rings. The maximum Gasteiger partial charge on any atom is 0.170 e. The summed E-state index contributed by atoms with van der Waals surface area (Å²) in [5.74, 6) is 0.885. The van der Waals surface area contributed by atoms with Crippen LogP contribution in [0.4, 0.5) is 0 Å². The third kappa shape index (κ3) is 3.41. The van der Waals surface area contributed by atoms with Gasteiger partial charge in [-0.05, 0) is 75.0 Å². The SMILES string of the molecule is Cc1c([C@@H]2[C@@H](c3ccccn3)NC(=S)N2Cc2ccco2)c(C)n(-c2ccccc2)c1C. The van der Waals surface area contributed by atoms with Crippen molar-refractivity contribution in [3.63, 3.8) is 0 Å². The van der Waals surface area contributed by atoms with Crippen LogP contribution in [0.15, 0.2) is 77.5 Å². The van der Waals surface area contributed by atoms with E-state index in [0.29, 0.717) is 11.7 Å². The van der Waals surface area contributed by atoms with Gasteiger partial charge in [0.1, 0.15) is 5.76 Å². The number of pyridine rings is 1. The molecule has 0 unspecified atom stereocenters. The van der Waals surface area contributed by atoms with Crippen LogP contribution in [0.25, 0.3) is 5.69 Å². The van der Waals surface area contributed by atoms with Crippen molar-refractivity contribution in [2.75, 3.05) is 0 Å². The van der Waals surface area contributed by atoms with Crippen LogP contribution in [0.2, 0.25) is 0 Å². The molecule has 1 N–H and O–H groups in total. The van der Waals surface area contributed by atoms with Crippen LogP contribution in [0.5, 0.6) is 0 Å². The fourth-order valence-electron chi connectivity index (χ4n) is 4.87. The first kappa shape index (κ1) is 20.5. The fraction of sp³-hybridized carbons (Fsp3) is 0.231. The van der Waals surface area contributed by atoms with Gasteiger partial charge in [0.2, 0.25) is 0 Å². The molecule has 1 aliphatic rings. The summed E-state index contributed by atoms with van der Waals surface area (Å²) in [6, 6.07) is 20.4. The molecule has 1 fully saturated rings. The van der Waals surface area contributed by atoms with E-state index in [1.54, 1.807) is 6.26 Å². The van der Waals surface area contributed by atoms with Gasteiger partial charge in [-0.1, -0.05) is 24.3 Å². The van der Waals surface area contributed by atoms with Crippen molar-refractivity contribution in [1.82, 2.24) is 19.8 Å². The lowest BCUT2D eigenvalue weighted by Gasteiger charge is -2.28. The molecule has 0 amide bonds. The zero-order valence-corrected chi connectivity index (χ0v) is 19.3. The van der Waals surface area contributed by atoms with Gasteiger partial charge in [0.05, 0.1) is 30.6 Å². The lowest BCUT2D eigenvalue weighted by Crippen LogP contribution is -2.29. The van der Waals surface area contributed by atoms with Gasteiger partial charge in [-0.2, -0.15) is 0 Å². The molecule has 1 aromatic carbocycles. The Bertz CT molecular complexity index is 1230. The molecule has 0 bridgehead atoms. The molecule has 1 aliphatic heterocycles. The highest BCUT2D eigenvalue weighted by molar-refractivity contribution is 7.80. The van der Waals surface area contributed by atoms with Gasteiger partial charge in [-0.15, -0.1) is 0 Å². The highest BCUT2D eigenvalue weighted by Gasteiger charge is 2.42. The number of thiocarbonyl (C=S) groups is 1. The molecular formula is C26H26N4OS. The highest BCUT2D eigenvalue weighted by Crippen LogP contribution is 2.44. The Balaban J connectivity index is 1.67. The summed E-state index contributed by atoms with van der Waals surface area (Å²) in [7, 11) is 0. The van der Waals surface area contributed by atoms with E-state index < -0.39 is 0 Å². The summed E-state index contributed by atoms with van der Waals surface area (Å²) >= 11 is 5.83. The summed E-state index contributed by atoms with van der Waals surface area (Å²) in [5.41, 5.74) is 7.14. The molecule has 4 heterocycles. The van der Waals surface area contributed by atoms with Crippen molar-refractivity contribution in [3.8, 4) is 5.69 Å². The van der Waals surface area contributed by atoms with Gasteiger partial charge in [-0.3, -0.25) is 4.98 Å². The Labute approximate surface area is 193 Å². The van der Waals surface area contributed by atoms with E-state index in [-0.39, 0.29) is 12.1 Å². The average Bonchev–Trinajstić information content (AvgIpc) is 3.49. The first-order chi connectivity index (χ1) is 15.6. The molecular weight excluding hydrogens is 416 g/mol. The molecule has 6 heteroatoms. The van der Waals surface area contributed by atoms with Gasteiger partial charge in [0.25, 0.3) is 0 Å². The number of nitrogens with one attached hydrogen (secondary N) is 1. The van der Waals surface area contributed by atoms with Crippen LogP contribution in [-0.4, -0.2) is 19.6 Å².